The van der Waals surface area contributed by atoms with Crippen LogP contribution in [0.1, 0.15) is 19.5 Å². The second-order valence-electron chi connectivity index (χ2n) is 4.33. The molecule has 3 N–H and O–H groups in total. The van der Waals surface area contributed by atoms with Crippen LogP contribution in [0.2, 0.25) is 0 Å². The van der Waals surface area contributed by atoms with E-state index in [1.165, 1.54) is 0 Å². The molecule has 0 spiro atoms. The van der Waals surface area contributed by atoms with Gasteiger partial charge in [-0.05, 0) is 19.9 Å². The van der Waals surface area contributed by atoms with Gasteiger partial charge in [0.1, 0.15) is 0 Å². The number of aromatic amines is 1. The van der Waals surface area contributed by atoms with Crippen molar-refractivity contribution in [3.05, 3.63) is 18.0 Å². The van der Waals surface area contributed by atoms with Gasteiger partial charge in [0.05, 0.1) is 17.8 Å². The lowest BCUT2D eigenvalue weighted by Gasteiger charge is -2.24. The third kappa shape index (κ3) is 6.20. The summed E-state index contributed by atoms with van der Waals surface area (Å²) >= 11 is 0. The first-order valence-corrected chi connectivity index (χ1v) is 5.55. The summed E-state index contributed by atoms with van der Waals surface area (Å²) in [6, 6.07) is 1.92. The minimum atomic E-state index is -0.217. The zero-order valence-electron chi connectivity index (χ0n) is 11.3. The minimum Gasteiger partial charge on any atom is -0.377 e. The van der Waals surface area contributed by atoms with Gasteiger partial charge in [-0.2, -0.15) is 5.10 Å². The first-order valence-electron chi connectivity index (χ1n) is 5.55. The Morgan fingerprint density at radius 1 is 1.50 bits per heavy atom. The summed E-state index contributed by atoms with van der Waals surface area (Å²) < 4.78 is 5.32. The van der Waals surface area contributed by atoms with Gasteiger partial charge in [-0.3, -0.25) is 10.1 Å². The molecule has 1 heterocycles. The molecule has 7 heteroatoms. The molecule has 0 amide bonds. The first kappa shape index (κ1) is 17.2. The summed E-state index contributed by atoms with van der Waals surface area (Å²) in [5, 5.41) is 13.1. The van der Waals surface area contributed by atoms with Crippen molar-refractivity contribution in [2.24, 2.45) is 4.99 Å². The van der Waals surface area contributed by atoms with Crippen LogP contribution in [0, 0.1) is 0 Å². The monoisotopic (exact) mass is 367 g/mol. The second-order valence-corrected chi connectivity index (χ2v) is 4.33. The number of halogens is 1. The summed E-state index contributed by atoms with van der Waals surface area (Å²) in [6.07, 6.45) is 1.72. The van der Waals surface area contributed by atoms with Crippen molar-refractivity contribution in [1.82, 2.24) is 20.8 Å². The zero-order valence-corrected chi connectivity index (χ0v) is 13.6. The van der Waals surface area contributed by atoms with Crippen LogP contribution in [0.3, 0.4) is 0 Å². The summed E-state index contributed by atoms with van der Waals surface area (Å²) in [5.41, 5.74) is 0.796. The number of rotatable bonds is 5. The molecule has 0 aliphatic heterocycles. The van der Waals surface area contributed by atoms with Crippen LogP contribution >= 0.6 is 24.0 Å². The van der Waals surface area contributed by atoms with Crippen LogP contribution < -0.4 is 10.6 Å². The number of guanidine groups is 1. The highest BCUT2D eigenvalue weighted by Gasteiger charge is 2.16. The van der Waals surface area contributed by atoms with Gasteiger partial charge in [0.25, 0.3) is 0 Å². The molecule has 18 heavy (non-hydrogen) atoms. The Kier molecular flexibility index (Phi) is 7.92. The maximum Gasteiger partial charge on any atom is 0.191 e. The van der Waals surface area contributed by atoms with E-state index < -0.39 is 0 Å². The Morgan fingerprint density at radius 2 is 2.22 bits per heavy atom. The molecule has 1 rings (SSSR count). The molecule has 0 saturated carbocycles. The zero-order chi connectivity index (χ0) is 12.7. The molecule has 0 aliphatic carbocycles. The Hall–Kier alpha value is -0.830. The van der Waals surface area contributed by atoms with Gasteiger partial charge in [0.2, 0.25) is 0 Å². The lowest BCUT2D eigenvalue weighted by Crippen LogP contribution is -2.45. The van der Waals surface area contributed by atoms with Gasteiger partial charge in [-0.15, -0.1) is 24.0 Å². The van der Waals surface area contributed by atoms with Crippen molar-refractivity contribution in [3.8, 4) is 0 Å². The van der Waals surface area contributed by atoms with Crippen LogP contribution in [0.25, 0.3) is 0 Å². The number of hydrogen-bond acceptors (Lipinski definition) is 3. The fourth-order valence-electron chi connectivity index (χ4n) is 1.15. The lowest BCUT2D eigenvalue weighted by atomic mass is 10.1. The Balaban J connectivity index is 0.00000289. The van der Waals surface area contributed by atoms with Gasteiger partial charge in [-0.1, -0.05) is 0 Å². The highest BCUT2D eigenvalue weighted by atomic mass is 127. The maximum absolute atomic E-state index is 5.32. The number of hydrogen-bond donors (Lipinski definition) is 3. The largest absolute Gasteiger partial charge is 0.377 e. The van der Waals surface area contributed by atoms with Crippen molar-refractivity contribution in [2.75, 3.05) is 20.7 Å². The highest BCUT2D eigenvalue weighted by molar-refractivity contribution is 14.0. The predicted molar refractivity (Wildman–Crippen MR) is 83.3 cm³/mol. The van der Waals surface area contributed by atoms with E-state index in [2.05, 4.69) is 25.8 Å². The van der Waals surface area contributed by atoms with E-state index in [1.807, 2.05) is 19.9 Å². The van der Waals surface area contributed by atoms with Crippen molar-refractivity contribution in [1.29, 1.82) is 0 Å². The van der Waals surface area contributed by atoms with E-state index >= 15 is 0 Å². The first-order chi connectivity index (χ1) is 8.07. The van der Waals surface area contributed by atoms with Crippen molar-refractivity contribution >= 4 is 29.9 Å². The van der Waals surface area contributed by atoms with Gasteiger partial charge >= 0.3 is 0 Å². The number of ether oxygens (including phenoxy) is 1. The number of nitrogens with one attached hydrogen (secondary N) is 3. The molecule has 6 nitrogen and oxygen atoms in total. The standard InChI is InChI=1S/C11H21N5O.HI/c1-11(2,17-4)8-14-10(12-3)13-7-9-5-6-15-16-9;/h5-6H,7-8H2,1-4H3,(H,15,16)(H2,12,13,14);1H. The fourth-order valence-corrected chi connectivity index (χ4v) is 1.15. The third-order valence-corrected chi connectivity index (χ3v) is 2.46. The molecular formula is C11H22IN5O. The average Bonchev–Trinajstić information content (AvgIpc) is 2.82. The number of methoxy groups -OCH3 is 1. The van der Waals surface area contributed by atoms with Crippen LogP contribution in [0.15, 0.2) is 17.3 Å². The quantitative estimate of drug-likeness (QED) is 0.414. The van der Waals surface area contributed by atoms with E-state index in [0.717, 1.165) is 11.7 Å². The molecule has 0 aliphatic rings. The molecule has 0 radical (unpaired) electrons. The molecule has 1 aromatic rings. The van der Waals surface area contributed by atoms with Crippen molar-refractivity contribution in [2.45, 2.75) is 26.0 Å². The molecule has 104 valence electrons. The normalized spacial score (nSPS) is 11.9. The number of nitrogens with zero attached hydrogens (tertiary/aromatic N) is 2. The molecule has 1 aromatic heterocycles. The SMILES string of the molecule is CN=C(NCc1ccn[nH]1)NCC(C)(C)OC.I. The molecule has 0 atom stereocenters. The number of aliphatic imine (C=N–C) groups is 1. The number of aromatic nitrogens is 2. The van der Waals surface area contributed by atoms with E-state index in [4.69, 9.17) is 4.74 Å². The molecule has 0 bridgehead atoms. The summed E-state index contributed by atoms with van der Waals surface area (Å²) in [5.74, 6) is 0.740. The van der Waals surface area contributed by atoms with Crippen LogP contribution in [0.5, 0.6) is 0 Å². The number of H-pyrrole nitrogens is 1. The van der Waals surface area contributed by atoms with Crippen LogP contribution in [-0.4, -0.2) is 42.5 Å². The topological polar surface area (TPSA) is 74.3 Å². The third-order valence-electron chi connectivity index (χ3n) is 2.46. The Morgan fingerprint density at radius 3 is 2.72 bits per heavy atom. The molecule has 0 aromatic carbocycles. The predicted octanol–water partition coefficient (Wildman–Crippen LogP) is 1.12. The van der Waals surface area contributed by atoms with E-state index in [9.17, 15) is 0 Å². The van der Waals surface area contributed by atoms with Crippen LogP contribution in [0.4, 0.5) is 0 Å². The van der Waals surface area contributed by atoms with Crippen LogP contribution in [-0.2, 0) is 11.3 Å². The fraction of sp³-hybridized carbons (Fsp3) is 0.636. The van der Waals surface area contributed by atoms with Gasteiger partial charge in [0.15, 0.2) is 5.96 Å². The van der Waals surface area contributed by atoms with E-state index in [0.29, 0.717) is 13.1 Å². The summed E-state index contributed by atoms with van der Waals surface area (Å²) in [4.78, 5) is 4.13. The highest BCUT2D eigenvalue weighted by Crippen LogP contribution is 2.04. The van der Waals surface area contributed by atoms with E-state index in [1.54, 1.807) is 20.4 Å². The molecular weight excluding hydrogens is 345 g/mol. The van der Waals surface area contributed by atoms with Gasteiger partial charge < -0.3 is 15.4 Å². The van der Waals surface area contributed by atoms with E-state index in [-0.39, 0.29) is 29.6 Å². The van der Waals surface area contributed by atoms with Gasteiger partial charge in [-0.25, -0.2) is 0 Å². The minimum absolute atomic E-state index is 0. The van der Waals surface area contributed by atoms with Gasteiger partial charge in [0, 0.05) is 26.9 Å². The average molecular weight is 367 g/mol. The maximum atomic E-state index is 5.32. The Labute approximate surface area is 125 Å². The second kappa shape index (κ2) is 8.30. The lowest BCUT2D eigenvalue weighted by molar-refractivity contribution is 0.0268. The smallest absolute Gasteiger partial charge is 0.191 e. The molecule has 0 unspecified atom stereocenters. The summed E-state index contributed by atoms with van der Waals surface area (Å²) in [6.45, 7) is 5.38. The van der Waals surface area contributed by atoms with Crippen molar-refractivity contribution < 1.29 is 4.74 Å². The molecule has 0 saturated heterocycles. The van der Waals surface area contributed by atoms with Crippen molar-refractivity contribution in [3.63, 3.8) is 0 Å². The Bertz CT molecular complexity index is 350. The molecule has 0 fully saturated rings. The summed E-state index contributed by atoms with van der Waals surface area (Å²) in [7, 11) is 3.44.